The Morgan fingerprint density at radius 3 is 1.30 bits per heavy atom. The Morgan fingerprint density at radius 1 is 0.550 bits per heavy atom. The maximum absolute atomic E-state index is 5.83. The van der Waals surface area contributed by atoms with Crippen molar-refractivity contribution < 1.29 is 8.85 Å². The van der Waals surface area contributed by atoms with Crippen LogP contribution in [0.1, 0.15) is 84.5 Å². The van der Waals surface area contributed by atoms with E-state index in [1.165, 1.54) is 82.7 Å². The summed E-state index contributed by atoms with van der Waals surface area (Å²) in [5.41, 5.74) is 0. The molecule has 0 aliphatic rings. The minimum Gasteiger partial charge on any atom is -0.398 e. The lowest BCUT2D eigenvalue weighted by Crippen LogP contribution is -2.39. The summed E-state index contributed by atoms with van der Waals surface area (Å²) in [6.07, 6.45) is 14.8. The smallest absolute Gasteiger partial charge is 0.337 e. The van der Waals surface area contributed by atoms with E-state index in [0.29, 0.717) is 0 Å². The van der Waals surface area contributed by atoms with Crippen molar-refractivity contribution >= 4 is 8.56 Å². The lowest BCUT2D eigenvalue weighted by molar-refractivity contribution is 0.238. The molecule has 0 radical (unpaired) electrons. The molecular weight excluding hydrogens is 264 g/mol. The van der Waals surface area contributed by atoms with E-state index in [1.54, 1.807) is 0 Å². The zero-order valence-electron chi connectivity index (χ0n) is 14.5. The quantitative estimate of drug-likeness (QED) is 0.271. The van der Waals surface area contributed by atoms with Gasteiger partial charge in [-0.15, -0.1) is 0 Å². The number of hydrogen-bond acceptors (Lipinski definition) is 2. The molecule has 0 N–H and O–H groups in total. The molecule has 3 heteroatoms. The molecule has 0 aromatic heterocycles. The molecule has 2 nitrogen and oxygen atoms in total. The Labute approximate surface area is 128 Å². The largest absolute Gasteiger partial charge is 0.398 e. The van der Waals surface area contributed by atoms with Gasteiger partial charge in [-0.05, 0) is 12.1 Å². The van der Waals surface area contributed by atoms with Crippen LogP contribution >= 0.6 is 0 Å². The molecule has 0 aromatic carbocycles. The second-order valence-electron chi connectivity index (χ2n) is 6.00. The third kappa shape index (κ3) is 9.95. The number of hydrogen-bond donors (Lipinski definition) is 0. The molecule has 0 aliphatic heterocycles. The zero-order valence-corrected chi connectivity index (χ0v) is 15.5. The van der Waals surface area contributed by atoms with E-state index in [1.807, 2.05) is 14.2 Å². The van der Waals surface area contributed by atoms with Crippen molar-refractivity contribution in [2.24, 2.45) is 0 Å². The van der Waals surface area contributed by atoms with Gasteiger partial charge in [-0.1, -0.05) is 84.5 Å². The van der Waals surface area contributed by atoms with E-state index >= 15 is 0 Å². The standard InChI is InChI=1S/C17H38O2Si/c1-5-7-9-11-12-13-15-17-20(18-3,19-4)16-14-10-8-6-2/h5-17H2,1-4H3. The van der Waals surface area contributed by atoms with Crippen molar-refractivity contribution in [1.29, 1.82) is 0 Å². The second kappa shape index (κ2) is 14.1. The molecule has 20 heavy (non-hydrogen) atoms. The van der Waals surface area contributed by atoms with Crippen molar-refractivity contribution in [2.75, 3.05) is 14.2 Å². The Kier molecular flexibility index (Phi) is 14.2. The highest BCUT2D eigenvalue weighted by Crippen LogP contribution is 2.24. The van der Waals surface area contributed by atoms with Crippen LogP contribution < -0.4 is 0 Å². The van der Waals surface area contributed by atoms with Crippen LogP contribution in [-0.4, -0.2) is 22.8 Å². The maximum atomic E-state index is 5.83. The fourth-order valence-electron chi connectivity index (χ4n) is 2.79. The van der Waals surface area contributed by atoms with Gasteiger partial charge in [0.1, 0.15) is 0 Å². The molecule has 0 amide bonds. The summed E-state index contributed by atoms with van der Waals surface area (Å²) in [5.74, 6) is 0. The Bertz CT molecular complexity index is 193. The topological polar surface area (TPSA) is 18.5 Å². The van der Waals surface area contributed by atoms with Crippen LogP contribution in [-0.2, 0) is 8.85 Å². The van der Waals surface area contributed by atoms with Gasteiger partial charge in [0.15, 0.2) is 0 Å². The first-order valence-corrected chi connectivity index (χ1v) is 11.1. The lowest BCUT2D eigenvalue weighted by atomic mass is 10.1. The Hall–Kier alpha value is 0.137. The molecule has 0 spiro atoms. The van der Waals surface area contributed by atoms with Crippen LogP contribution in [0.2, 0.25) is 12.1 Å². The first-order valence-electron chi connectivity index (χ1n) is 8.85. The molecule has 0 saturated carbocycles. The van der Waals surface area contributed by atoms with Crippen LogP contribution in [0.4, 0.5) is 0 Å². The van der Waals surface area contributed by atoms with E-state index in [-0.39, 0.29) is 0 Å². The van der Waals surface area contributed by atoms with E-state index in [0.717, 1.165) is 0 Å². The fraction of sp³-hybridized carbons (Fsp3) is 1.00. The summed E-state index contributed by atoms with van der Waals surface area (Å²) in [4.78, 5) is 0. The van der Waals surface area contributed by atoms with Crippen molar-refractivity contribution in [2.45, 2.75) is 96.6 Å². The predicted molar refractivity (Wildman–Crippen MR) is 91.5 cm³/mol. The Morgan fingerprint density at radius 2 is 0.900 bits per heavy atom. The highest BCUT2D eigenvalue weighted by atomic mass is 28.4. The molecule has 0 rings (SSSR count). The third-order valence-electron chi connectivity index (χ3n) is 4.32. The second-order valence-corrected chi connectivity index (χ2v) is 9.64. The molecule has 0 heterocycles. The molecular formula is C17H38O2Si. The highest BCUT2D eigenvalue weighted by molar-refractivity contribution is 6.67. The molecule has 0 fully saturated rings. The van der Waals surface area contributed by atoms with Gasteiger partial charge in [0.25, 0.3) is 0 Å². The monoisotopic (exact) mass is 302 g/mol. The van der Waals surface area contributed by atoms with Gasteiger partial charge in [0.2, 0.25) is 0 Å². The van der Waals surface area contributed by atoms with Gasteiger partial charge in [-0.2, -0.15) is 0 Å². The SMILES string of the molecule is CCCCCCCCC[Si](CCCCCC)(OC)OC. The zero-order chi connectivity index (χ0) is 15.1. The minimum atomic E-state index is -1.87. The summed E-state index contributed by atoms with van der Waals surface area (Å²) in [5, 5.41) is 0. The van der Waals surface area contributed by atoms with Crippen LogP contribution in [0.15, 0.2) is 0 Å². The van der Waals surface area contributed by atoms with Crippen molar-refractivity contribution in [3.63, 3.8) is 0 Å². The molecule has 0 aliphatic carbocycles. The molecule has 122 valence electrons. The molecule has 0 unspecified atom stereocenters. The van der Waals surface area contributed by atoms with Crippen molar-refractivity contribution in [3.05, 3.63) is 0 Å². The first kappa shape index (κ1) is 20.1. The van der Waals surface area contributed by atoms with Crippen LogP contribution in [0.3, 0.4) is 0 Å². The van der Waals surface area contributed by atoms with E-state index < -0.39 is 8.56 Å². The summed E-state index contributed by atoms with van der Waals surface area (Å²) in [6.45, 7) is 4.53. The summed E-state index contributed by atoms with van der Waals surface area (Å²) < 4.78 is 11.7. The van der Waals surface area contributed by atoms with Gasteiger partial charge < -0.3 is 8.85 Å². The third-order valence-corrected chi connectivity index (χ3v) is 8.04. The van der Waals surface area contributed by atoms with Gasteiger partial charge in [-0.3, -0.25) is 0 Å². The first-order chi connectivity index (χ1) is 9.74. The molecule has 0 saturated heterocycles. The van der Waals surface area contributed by atoms with Gasteiger partial charge in [0.05, 0.1) is 0 Å². The average molecular weight is 303 g/mol. The predicted octanol–water partition coefficient (Wildman–Crippen LogP) is 6.05. The fourth-order valence-corrected chi connectivity index (χ4v) is 5.60. The Balaban J connectivity index is 3.76. The van der Waals surface area contributed by atoms with E-state index in [4.69, 9.17) is 8.85 Å². The van der Waals surface area contributed by atoms with Gasteiger partial charge in [0, 0.05) is 14.2 Å². The molecule has 0 aromatic rings. The summed E-state index contributed by atoms with van der Waals surface area (Å²) >= 11 is 0. The van der Waals surface area contributed by atoms with Gasteiger partial charge >= 0.3 is 8.56 Å². The average Bonchev–Trinajstić information content (AvgIpc) is 2.49. The van der Waals surface area contributed by atoms with E-state index in [9.17, 15) is 0 Å². The van der Waals surface area contributed by atoms with Crippen molar-refractivity contribution in [3.8, 4) is 0 Å². The number of unbranched alkanes of at least 4 members (excludes halogenated alkanes) is 9. The molecule has 0 bridgehead atoms. The van der Waals surface area contributed by atoms with E-state index in [2.05, 4.69) is 13.8 Å². The van der Waals surface area contributed by atoms with Crippen LogP contribution in [0.5, 0.6) is 0 Å². The normalized spacial score (nSPS) is 12.0. The number of rotatable bonds is 15. The highest BCUT2D eigenvalue weighted by Gasteiger charge is 2.33. The maximum Gasteiger partial charge on any atom is 0.337 e. The summed E-state index contributed by atoms with van der Waals surface area (Å²) in [7, 11) is 1.85. The lowest BCUT2D eigenvalue weighted by Gasteiger charge is -2.27. The molecule has 0 atom stereocenters. The summed E-state index contributed by atoms with van der Waals surface area (Å²) in [6, 6.07) is 2.36. The van der Waals surface area contributed by atoms with Gasteiger partial charge in [-0.25, -0.2) is 0 Å². The minimum absolute atomic E-state index is 1.18. The van der Waals surface area contributed by atoms with Crippen LogP contribution in [0.25, 0.3) is 0 Å². The van der Waals surface area contributed by atoms with Crippen LogP contribution in [0, 0.1) is 0 Å². The van der Waals surface area contributed by atoms with Crippen molar-refractivity contribution in [1.82, 2.24) is 0 Å².